The number of carbonyl (C=O) groups is 1. The molecule has 0 aromatic heterocycles. The number of amides is 1. The molecule has 4 N–H and O–H groups in total. The number of hydrogen-bond donors (Lipinski definition) is 4. The Morgan fingerprint density at radius 2 is 1.97 bits per heavy atom. The quantitative estimate of drug-likeness (QED) is 0.413. The normalized spacial score (nSPS) is 16.5. The first kappa shape index (κ1) is 20.8. The van der Waals surface area contributed by atoms with E-state index in [0.29, 0.717) is 0 Å². The molecule has 2 aromatic carbocycles. The molecular weight excluding hydrogens is 370 g/mol. The number of anilines is 1. The van der Waals surface area contributed by atoms with Crippen LogP contribution in [0.3, 0.4) is 0 Å². The van der Waals surface area contributed by atoms with E-state index in [-0.39, 0.29) is 12.1 Å². The zero-order chi connectivity index (χ0) is 20.8. The second-order valence-corrected chi connectivity index (χ2v) is 7.15. The number of aliphatic hydroxyl groups excluding tert-OH is 3. The minimum Gasteiger partial charge on any atom is -0.394 e. The maximum Gasteiger partial charge on any atom is 0.262 e. The fourth-order valence-electron chi connectivity index (χ4n) is 3.46. The number of benzene rings is 2. The SMILES string of the molecule is N#C/C(=C\c1ccc2cccc(N3CCCC3)c2c1)C(=O)NCC(O)C(O)CO. The summed E-state index contributed by atoms with van der Waals surface area (Å²) in [6.45, 7) is 1.16. The summed E-state index contributed by atoms with van der Waals surface area (Å²) in [7, 11) is 0. The van der Waals surface area contributed by atoms with Crippen molar-refractivity contribution in [2.24, 2.45) is 0 Å². The van der Waals surface area contributed by atoms with Crippen molar-refractivity contribution in [3.63, 3.8) is 0 Å². The summed E-state index contributed by atoms with van der Waals surface area (Å²) in [5.74, 6) is -0.649. The van der Waals surface area contributed by atoms with Crippen molar-refractivity contribution < 1.29 is 20.1 Å². The first-order valence-electron chi connectivity index (χ1n) is 9.68. The monoisotopic (exact) mass is 395 g/mol. The predicted molar refractivity (Wildman–Crippen MR) is 111 cm³/mol. The summed E-state index contributed by atoms with van der Waals surface area (Å²) in [4.78, 5) is 14.6. The van der Waals surface area contributed by atoms with Crippen LogP contribution in [0.25, 0.3) is 16.8 Å². The number of nitrogens with one attached hydrogen (secondary N) is 1. The van der Waals surface area contributed by atoms with Gasteiger partial charge in [0.1, 0.15) is 17.7 Å². The van der Waals surface area contributed by atoms with Crippen molar-refractivity contribution in [1.29, 1.82) is 5.26 Å². The fraction of sp³-hybridized carbons (Fsp3) is 0.364. The van der Waals surface area contributed by atoms with Gasteiger partial charge in [0, 0.05) is 30.7 Å². The lowest BCUT2D eigenvalue weighted by atomic mass is 10.0. The number of hydrogen-bond acceptors (Lipinski definition) is 6. The van der Waals surface area contributed by atoms with Gasteiger partial charge in [0.25, 0.3) is 5.91 Å². The Morgan fingerprint density at radius 3 is 2.66 bits per heavy atom. The van der Waals surface area contributed by atoms with Gasteiger partial charge in [-0.15, -0.1) is 0 Å². The van der Waals surface area contributed by atoms with Gasteiger partial charge in [-0.25, -0.2) is 0 Å². The highest BCUT2D eigenvalue weighted by Gasteiger charge is 2.18. The molecule has 7 heteroatoms. The average Bonchev–Trinajstić information content (AvgIpc) is 3.29. The Balaban J connectivity index is 1.82. The molecule has 2 unspecified atom stereocenters. The van der Waals surface area contributed by atoms with Crippen LogP contribution in [0.2, 0.25) is 0 Å². The van der Waals surface area contributed by atoms with Gasteiger partial charge in [-0.2, -0.15) is 5.26 Å². The van der Waals surface area contributed by atoms with E-state index in [1.807, 2.05) is 36.4 Å². The minimum atomic E-state index is -1.35. The maximum absolute atomic E-state index is 12.3. The molecular formula is C22H25N3O4. The van der Waals surface area contributed by atoms with Crippen molar-refractivity contribution in [2.75, 3.05) is 31.1 Å². The molecule has 1 amide bonds. The standard InChI is InChI=1S/C22H25N3O4/c23-12-17(22(29)24-13-20(27)21(28)14-26)10-15-6-7-16-4-3-5-19(18(16)11-15)25-8-1-2-9-25/h3-7,10-11,20-21,26-28H,1-2,8-9,13-14H2,(H,24,29)/b17-10+. The summed E-state index contributed by atoms with van der Waals surface area (Å²) in [6.07, 6.45) is 1.18. The van der Waals surface area contributed by atoms with Gasteiger partial charge in [0.05, 0.1) is 12.7 Å². The number of nitriles is 1. The molecule has 0 bridgehead atoms. The van der Waals surface area contributed by atoms with Gasteiger partial charge in [-0.3, -0.25) is 4.79 Å². The van der Waals surface area contributed by atoms with E-state index in [1.165, 1.54) is 18.9 Å². The van der Waals surface area contributed by atoms with E-state index in [2.05, 4.69) is 16.3 Å². The highest BCUT2D eigenvalue weighted by molar-refractivity contribution is 6.03. The fourth-order valence-corrected chi connectivity index (χ4v) is 3.46. The van der Waals surface area contributed by atoms with Crippen LogP contribution in [0.15, 0.2) is 42.0 Å². The molecule has 1 saturated heterocycles. The van der Waals surface area contributed by atoms with Crippen molar-refractivity contribution in [3.05, 3.63) is 47.5 Å². The Labute approximate surface area is 169 Å². The molecule has 152 valence electrons. The summed E-state index contributed by atoms with van der Waals surface area (Å²) in [5, 5.41) is 41.7. The molecule has 3 rings (SSSR count). The molecule has 0 spiro atoms. The van der Waals surface area contributed by atoms with Crippen LogP contribution >= 0.6 is 0 Å². The molecule has 2 atom stereocenters. The van der Waals surface area contributed by atoms with E-state index in [1.54, 1.807) is 0 Å². The first-order chi connectivity index (χ1) is 14.0. The van der Waals surface area contributed by atoms with Crippen LogP contribution in [0, 0.1) is 11.3 Å². The van der Waals surface area contributed by atoms with Crippen LogP contribution in [0.1, 0.15) is 18.4 Å². The molecule has 1 aliphatic heterocycles. The van der Waals surface area contributed by atoms with E-state index in [9.17, 15) is 20.3 Å². The minimum absolute atomic E-state index is 0.103. The third-order valence-corrected chi connectivity index (χ3v) is 5.11. The smallest absolute Gasteiger partial charge is 0.262 e. The topological polar surface area (TPSA) is 117 Å². The molecule has 2 aromatic rings. The lowest BCUT2D eigenvalue weighted by molar-refractivity contribution is -0.118. The molecule has 29 heavy (non-hydrogen) atoms. The third-order valence-electron chi connectivity index (χ3n) is 5.11. The van der Waals surface area contributed by atoms with Crippen LogP contribution in [0.5, 0.6) is 0 Å². The van der Waals surface area contributed by atoms with E-state index in [4.69, 9.17) is 5.11 Å². The lowest BCUT2D eigenvalue weighted by Gasteiger charge is -2.20. The van der Waals surface area contributed by atoms with Crippen molar-refractivity contribution in [3.8, 4) is 6.07 Å². The van der Waals surface area contributed by atoms with Crippen molar-refractivity contribution in [1.82, 2.24) is 5.32 Å². The van der Waals surface area contributed by atoms with Gasteiger partial charge < -0.3 is 25.5 Å². The maximum atomic E-state index is 12.3. The molecule has 0 radical (unpaired) electrons. The Hall–Kier alpha value is -2.92. The zero-order valence-corrected chi connectivity index (χ0v) is 16.1. The largest absolute Gasteiger partial charge is 0.394 e. The summed E-state index contributed by atoms with van der Waals surface area (Å²) < 4.78 is 0. The third kappa shape index (κ3) is 4.93. The van der Waals surface area contributed by atoms with Gasteiger partial charge >= 0.3 is 0 Å². The molecule has 1 heterocycles. The highest BCUT2D eigenvalue weighted by atomic mass is 16.4. The average molecular weight is 395 g/mol. The molecule has 0 saturated carbocycles. The van der Waals surface area contributed by atoms with Gasteiger partial charge in [0.15, 0.2) is 0 Å². The van der Waals surface area contributed by atoms with Crippen molar-refractivity contribution in [2.45, 2.75) is 25.0 Å². The molecule has 0 aliphatic carbocycles. The summed E-state index contributed by atoms with van der Waals surface area (Å²) >= 11 is 0. The van der Waals surface area contributed by atoms with Gasteiger partial charge in [-0.05, 0) is 42.0 Å². The number of aliphatic hydroxyl groups is 3. The number of nitrogens with zero attached hydrogens (tertiary/aromatic N) is 2. The van der Waals surface area contributed by atoms with E-state index < -0.39 is 24.7 Å². The van der Waals surface area contributed by atoms with E-state index in [0.717, 1.165) is 35.1 Å². The Kier molecular flexibility index (Phi) is 6.83. The number of fused-ring (bicyclic) bond motifs is 1. The summed E-state index contributed by atoms with van der Waals surface area (Å²) in [5.41, 5.74) is 1.78. The zero-order valence-electron chi connectivity index (χ0n) is 16.1. The second-order valence-electron chi connectivity index (χ2n) is 7.15. The van der Waals surface area contributed by atoms with Crippen LogP contribution in [-0.2, 0) is 4.79 Å². The second kappa shape index (κ2) is 9.52. The molecule has 1 aliphatic rings. The summed E-state index contributed by atoms with van der Waals surface area (Å²) in [6, 6.07) is 13.8. The lowest BCUT2D eigenvalue weighted by Crippen LogP contribution is -2.40. The number of carbonyl (C=O) groups excluding carboxylic acids is 1. The van der Waals surface area contributed by atoms with E-state index >= 15 is 0 Å². The Morgan fingerprint density at radius 1 is 1.21 bits per heavy atom. The van der Waals surface area contributed by atoms with Crippen molar-refractivity contribution >= 4 is 28.4 Å². The predicted octanol–water partition coefficient (Wildman–Crippen LogP) is 1.18. The molecule has 1 fully saturated rings. The van der Waals surface area contributed by atoms with Crippen LogP contribution in [0.4, 0.5) is 5.69 Å². The van der Waals surface area contributed by atoms with Gasteiger partial charge in [0.2, 0.25) is 0 Å². The highest BCUT2D eigenvalue weighted by Crippen LogP contribution is 2.30. The van der Waals surface area contributed by atoms with Crippen LogP contribution < -0.4 is 10.2 Å². The van der Waals surface area contributed by atoms with Crippen LogP contribution in [-0.4, -0.2) is 59.7 Å². The number of rotatable bonds is 7. The molecule has 7 nitrogen and oxygen atoms in total. The van der Waals surface area contributed by atoms with Gasteiger partial charge in [-0.1, -0.05) is 24.3 Å². The first-order valence-corrected chi connectivity index (χ1v) is 9.68. The Bertz CT molecular complexity index is 945.